The molecule has 118 valence electrons. The van der Waals surface area contributed by atoms with Gasteiger partial charge in [-0.2, -0.15) is 5.10 Å². The first kappa shape index (κ1) is 14.0. The van der Waals surface area contributed by atoms with Crippen LogP contribution in [-0.4, -0.2) is 34.9 Å². The van der Waals surface area contributed by atoms with Crippen LogP contribution in [0.15, 0.2) is 29.0 Å². The molecule has 0 spiro atoms. The van der Waals surface area contributed by atoms with Crippen LogP contribution in [0.25, 0.3) is 0 Å². The maximum atomic E-state index is 5.53. The molecule has 0 aromatic carbocycles. The average molecular weight is 301 g/mol. The van der Waals surface area contributed by atoms with Crippen molar-refractivity contribution < 1.29 is 9.15 Å². The van der Waals surface area contributed by atoms with E-state index in [1.807, 2.05) is 12.1 Å². The molecule has 0 bridgehead atoms. The zero-order chi connectivity index (χ0) is 14.9. The van der Waals surface area contributed by atoms with Gasteiger partial charge in [0.15, 0.2) is 0 Å². The third-order valence-electron chi connectivity index (χ3n) is 4.78. The largest absolute Gasteiger partial charge is 0.468 e. The third kappa shape index (κ3) is 2.71. The first-order valence-corrected chi connectivity index (χ1v) is 8.15. The molecule has 1 atom stereocenters. The Hall–Kier alpha value is -1.59. The SMILES string of the molecule is COC[C@@H]1c2c(cnn2CC2CC2)CCN1Cc1ccco1. The minimum Gasteiger partial charge on any atom is -0.468 e. The number of rotatable bonds is 6. The van der Waals surface area contributed by atoms with E-state index in [4.69, 9.17) is 9.15 Å². The summed E-state index contributed by atoms with van der Waals surface area (Å²) < 4.78 is 13.3. The van der Waals surface area contributed by atoms with Gasteiger partial charge >= 0.3 is 0 Å². The number of fused-ring (bicyclic) bond motifs is 1. The quantitative estimate of drug-likeness (QED) is 0.822. The molecule has 5 heteroatoms. The molecule has 1 aliphatic carbocycles. The van der Waals surface area contributed by atoms with Gasteiger partial charge in [0.25, 0.3) is 0 Å². The summed E-state index contributed by atoms with van der Waals surface area (Å²) in [6.45, 7) is 3.61. The van der Waals surface area contributed by atoms with E-state index in [0.29, 0.717) is 6.61 Å². The van der Waals surface area contributed by atoms with Gasteiger partial charge < -0.3 is 9.15 Å². The fourth-order valence-corrected chi connectivity index (χ4v) is 3.43. The second-order valence-electron chi connectivity index (χ2n) is 6.45. The lowest BCUT2D eigenvalue weighted by molar-refractivity contribution is 0.0681. The van der Waals surface area contributed by atoms with Crippen LogP contribution in [0.3, 0.4) is 0 Å². The van der Waals surface area contributed by atoms with E-state index in [0.717, 1.165) is 37.7 Å². The minimum atomic E-state index is 0.264. The van der Waals surface area contributed by atoms with Crippen molar-refractivity contribution in [3.05, 3.63) is 41.6 Å². The Morgan fingerprint density at radius 2 is 2.32 bits per heavy atom. The van der Waals surface area contributed by atoms with E-state index in [-0.39, 0.29) is 6.04 Å². The lowest BCUT2D eigenvalue weighted by Crippen LogP contribution is -2.38. The highest BCUT2D eigenvalue weighted by Gasteiger charge is 2.33. The lowest BCUT2D eigenvalue weighted by Gasteiger charge is -2.35. The van der Waals surface area contributed by atoms with Crippen molar-refractivity contribution in [2.24, 2.45) is 5.92 Å². The Balaban J connectivity index is 1.60. The highest BCUT2D eigenvalue weighted by molar-refractivity contribution is 5.25. The molecule has 0 N–H and O–H groups in total. The molecule has 0 saturated heterocycles. The third-order valence-corrected chi connectivity index (χ3v) is 4.78. The normalized spacial score (nSPS) is 22.0. The van der Waals surface area contributed by atoms with Crippen LogP contribution in [0.4, 0.5) is 0 Å². The van der Waals surface area contributed by atoms with Crippen molar-refractivity contribution >= 4 is 0 Å². The predicted molar refractivity (Wildman–Crippen MR) is 82.4 cm³/mol. The number of ether oxygens (including phenoxy) is 1. The summed E-state index contributed by atoms with van der Waals surface area (Å²) in [5.74, 6) is 1.84. The molecule has 2 aromatic heterocycles. The predicted octanol–water partition coefficient (Wildman–Crippen LogP) is 2.63. The van der Waals surface area contributed by atoms with Gasteiger partial charge in [0, 0.05) is 20.2 Å². The molecule has 4 rings (SSSR count). The molecule has 2 aromatic rings. The van der Waals surface area contributed by atoms with Gasteiger partial charge in [0.05, 0.1) is 37.3 Å². The fourth-order valence-electron chi connectivity index (χ4n) is 3.43. The molecule has 1 fully saturated rings. The van der Waals surface area contributed by atoms with E-state index in [2.05, 4.69) is 20.9 Å². The topological polar surface area (TPSA) is 43.4 Å². The standard InChI is InChI=1S/C17H23N3O2/c1-21-12-16-17-14(9-18-20(17)10-13-4-5-13)6-7-19(16)11-15-3-2-8-22-15/h2-3,8-9,13,16H,4-7,10-12H2,1H3/t16-/m1/s1. The molecular formula is C17H23N3O2. The van der Waals surface area contributed by atoms with Crippen LogP contribution >= 0.6 is 0 Å². The van der Waals surface area contributed by atoms with Crippen LogP contribution in [-0.2, 0) is 24.2 Å². The van der Waals surface area contributed by atoms with Crippen LogP contribution in [0.2, 0.25) is 0 Å². The zero-order valence-corrected chi connectivity index (χ0v) is 13.1. The first-order chi connectivity index (χ1) is 10.8. The van der Waals surface area contributed by atoms with Crippen LogP contribution in [0.1, 0.15) is 35.9 Å². The minimum absolute atomic E-state index is 0.264. The number of methoxy groups -OCH3 is 1. The van der Waals surface area contributed by atoms with Gasteiger partial charge in [0.2, 0.25) is 0 Å². The van der Waals surface area contributed by atoms with E-state index < -0.39 is 0 Å². The van der Waals surface area contributed by atoms with Crippen molar-refractivity contribution in [3.63, 3.8) is 0 Å². The molecule has 5 nitrogen and oxygen atoms in total. The van der Waals surface area contributed by atoms with E-state index >= 15 is 0 Å². The Morgan fingerprint density at radius 3 is 3.05 bits per heavy atom. The van der Waals surface area contributed by atoms with Gasteiger partial charge in [-0.1, -0.05) is 0 Å². The number of hydrogen-bond acceptors (Lipinski definition) is 4. The van der Waals surface area contributed by atoms with Gasteiger partial charge in [-0.05, 0) is 42.9 Å². The van der Waals surface area contributed by atoms with Gasteiger partial charge in [-0.3, -0.25) is 9.58 Å². The smallest absolute Gasteiger partial charge is 0.117 e. The van der Waals surface area contributed by atoms with Crippen molar-refractivity contribution in [3.8, 4) is 0 Å². The number of furan rings is 1. The Labute approximate surface area is 130 Å². The van der Waals surface area contributed by atoms with Crippen molar-refractivity contribution in [2.45, 2.75) is 38.4 Å². The zero-order valence-electron chi connectivity index (χ0n) is 13.1. The van der Waals surface area contributed by atoms with E-state index in [1.165, 1.54) is 24.1 Å². The highest BCUT2D eigenvalue weighted by Crippen LogP contribution is 2.35. The summed E-state index contributed by atoms with van der Waals surface area (Å²) in [5, 5.41) is 4.65. The van der Waals surface area contributed by atoms with Gasteiger partial charge in [-0.15, -0.1) is 0 Å². The summed E-state index contributed by atoms with van der Waals surface area (Å²) in [5.41, 5.74) is 2.74. The molecule has 3 heterocycles. The van der Waals surface area contributed by atoms with Crippen LogP contribution in [0, 0.1) is 5.92 Å². The van der Waals surface area contributed by atoms with Crippen molar-refractivity contribution in [2.75, 3.05) is 20.3 Å². The van der Waals surface area contributed by atoms with Crippen LogP contribution < -0.4 is 0 Å². The average Bonchev–Trinajstić information content (AvgIpc) is 3.02. The summed E-state index contributed by atoms with van der Waals surface area (Å²) in [6, 6.07) is 4.26. The monoisotopic (exact) mass is 301 g/mol. The molecule has 0 radical (unpaired) electrons. The van der Waals surface area contributed by atoms with Crippen molar-refractivity contribution in [1.82, 2.24) is 14.7 Å². The lowest BCUT2D eigenvalue weighted by atomic mass is 10.00. The molecule has 1 aliphatic heterocycles. The maximum Gasteiger partial charge on any atom is 0.117 e. The van der Waals surface area contributed by atoms with Gasteiger partial charge in [0.1, 0.15) is 5.76 Å². The maximum absolute atomic E-state index is 5.53. The Kier molecular flexibility index (Phi) is 3.76. The van der Waals surface area contributed by atoms with Crippen LogP contribution in [0.5, 0.6) is 0 Å². The number of nitrogens with zero attached hydrogens (tertiary/aromatic N) is 3. The number of aromatic nitrogens is 2. The molecule has 2 aliphatic rings. The molecule has 0 amide bonds. The second kappa shape index (κ2) is 5.89. The second-order valence-corrected chi connectivity index (χ2v) is 6.45. The van der Waals surface area contributed by atoms with Crippen molar-refractivity contribution in [1.29, 1.82) is 0 Å². The fraction of sp³-hybridized carbons (Fsp3) is 0.588. The first-order valence-electron chi connectivity index (χ1n) is 8.15. The summed E-state index contributed by atoms with van der Waals surface area (Å²) in [7, 11) is 1.78. The van der Waals surface area contributed by atoms with E-state index in [1.54, 1.807) is 13.4 Å². The molecular weight excluding hydrogens is 278 g/mol. The molecule has 22 heavy (non-hydrogen) atoms. The van der Waals surface area contributed by atoms with E-state index in [9.17, 15) is 0 Å². The van der Waals surface area contributed by atoms with Gasteiger partial charge in [-0.25, -0.2) is 0 Å². The highest BCUT2D eigenvalue weighted by atomic mass is 16.5. The number of hydrogen-bond donors (Lipinski definition) is 0. The summed E-state index contributed by atoms with van der Waals surface area (Å²) >= 11 is 0. The molecule has 0 unspecified atom stereocenters. The Morgan fingerprint density at radius 1 is 1.41 bits per heavy atom. The molecule has 1 saturated carbocycles. The summed E-state index contributed by atoms with van der Waals surface area (Å²) in [4.78, 5) is 2.45. The Bertz CT molecular complexity index is 616. The summed E-state index contributed by atoms with van der Waals surface area (Å²) in [6.07, 6.45) is 7.55.